The molecule has 4 rings (SSSR count). The Morgan fingerprint density at radius 2 is 2.04 bits per heavy atom. The largest absolute Gasteiger partial charge is 0.497 e. The fraction of sp³-hybridized carbons (Fsp3) is 0.389. The zero-order chi connectivity index (χ0) is 16.4. The summed E-state index contributed by atoms with van der Waals surface area (Å²) >= 11 is 0. The molecule has 24 heavy (non-hydrogen) atoms. The summed E-state index contributed by atoms with van der Waals surface area (Å²) < 4.78 is 10.7. The van der Waals surface area contributed by atoms with Gasteiger partial charge in [0.1, 0.15) is 29.0 Å². The number of rotatable bonds is 4. The molecule has 0 aliphatic heterocycles. The monoisotopic (exact) mass is 324 g/mol. The Labute approximate surface area is 140 Å². The van der Waals surface area contributed by atoms with Crippen LogP contribution in [0.3, 0.4) is 0 Å². The molecule has 1 aliphatic rings. The van der Waals surface area contributed by atoms with Crippen LogP contribution in [0.1, 0.15) is 32.1 Å². The van der Waals surface area contributed by atoms with Gasteiger partial charge in [0, 0.05) is 11.6 Å². The number of anilines is 1. The van der Waals surface area contributed by atoms with Gasteiger partial charge in [-0.25, -0.2) is 4.98 Å². The standard InChI is InChI=1S/C18H20N4O2/c1-23-14-9-5-6-12(10-14)16-15-17(19-11-20-18(15)24-22-16)21-13-7-3-2-4-8-13/h5-6,9-11,13H,2-4,7-8H2,1H3,(H,19,20,21). The van der Waals surface area contributed by atoms with Gasteiger partial charge in [-0.3, -0.25) is 0 Å². The topological polar surface area (TPSA) is 73.1 Å². The fourth-order valence-corrected chi connectivity index (χ4v) is 3.30. The maximum atomic E-state index is 5.42. The van der Waals surface area contributed by atoms with Gasteiger partial charge in [0.25, 0.3) is 5.71 Å². The lowest BCUT2D eigenvalue weighted by Crippen LogP contribution is -2.23. The summed E-state index contributed by atoms with van der Waals surface area (Å²) in [6.07, 6.45) is 7.71. The number of hydrogen-bond donors (Lipinski definition) is 1. The summed E-state index contributed by atoms with van der Waals surface area (Å²) in [4.78, 5) is 8.66. The van der Waals surface area contributed by atoms with Crippen molar-refractivity contribution in [1.29, 1.82) is 0 Å². The van der Waals surface area contributed by atoms with Crippen molar-refractivity contribution in [1.82, 2.24) is 15.1 Å². The van der Waals surface area contributed by atoms with Crippen LogP contribution in [0, 0.1) is 0 Å². The highest BCUT2D eigenvalue weighted by atomic mass is 16.5. The normalized spacial score (nSPS) is 15.5. The van der Waals surface area contributed by atoms with Crippen molar-refractivity contribution in [3.63, 3.8) is 0 Å². The van der Waals surface area contributed by atoms with Gasteiger partial charge in [-0.1, -0.05) is 36.6 Å². The second-order valence-corrected chi connectivity index (χ2v) is 6.14. The molecule has 0 radical (unpaired) electrons. The molecule has 1 saturated carbocycles. The molecule has 6 heteroatoms. The smallest absolute Gasteiger partial charge is 0.263 e. The van der Waals surface area contributed by atoms with Gasteiger partial charge in [-0.2, -0.15) is 4.98 Å². The number of ether oxygens (including phenoxy) is 1. The molecule has 124 valence electrons. The first kappa shape index (κ1) is 14.9. The highest BCUT2D eigenvalue weighted by molar-refractivity contribution is 5.97. The first-order valence-electron chi connectivity index (χ1n) is 8.36. The second-order valence-electron chi connectivity index (χ2n) is 6.14. The number of hydrogen-bond acceptors (Lipinski definition) is 6. The minimum absolute atomic E-state index is 0.449. The molecule has 0 bridgehead atoms. The van der Waals surface area contributed by atoms with Gasteiger partial charge < -0.3 is 14.6 Å². The minimum atomic E-state index is 0.449. The minimum Gasteiger partial charge on any atom is -0.497 e. The number of methoxy groups -OCH3 is 1. The van der Waals surface area contributed by atoms with Crippen molar-refractivity contribution in [3.05, 3.63) is 30.6 Å². The van der Waals surface area contributed by atoms with E-state index in [1.807, 2.05) is 24.3 Å². The van der Waals surface area contributed by atoms with Gasteiger partial charge in [0.2, 0.25) is 0 Å². The maximum absolute atomic E-state index is 5.42. The number of fused-ring (bicyclic) bond motifs is 1. The lowest BCUT2D eigenvalue weighted by molar-refractivity contribution is 0.415. The molecule has 2 heterocycles. The van der Waals surface area contributed by atoms with E-state index in [0.717, 1.165) is 28.2 Å². The molecule has 1 fully saturated rings. The van der Waals surface area contributed by atoms with E-state index in [2.05, 4.69) is 20.4 Å². The van der Waals surface area contributed by atoms with Crippen LogP contribution in [-0.2, 0) is 0 Å². The Morgan fingerprint density at radius 3 is 2.88 bits per heavy atom. The summed E-state index contributed by atoms with van der Waals surface area (Å²) in [5, 5.41) is 8.62. The first-order valence-corrected chi connectivity index (χ1v) is 8.36. The number of nitrogens with one attached hydrogen (secondary N) is 1. The van der Waals surface area contributed by atoms with E-state index in [-0.39, 0.29) is 0 Å². The Kier molecular flexibility index (Phi) is 4.02. The Balaban J connectivity index is 1.76. The molecule has 1 aliphatic carbocycles. The number of nitrogens with zero attached hydrogens (tertiary/aromatic N) is 3. The molecule has 0 saturated heterocycles. The highest BCUT2D eigenvalue weighted by Crippen LogP contribution is 2.33. The van der Waals surface area contributed by atoms with E-state index < -0.39 is 0 Å². The van der Waals surface area contributed by atoms with Crippen molar-refractivity contribution in [2.24, 2.45) is 0 Å². The van der Waals surface area contributed by atoms with Crippen LogP contribution in [0.4, 0.5) is 5.82 Å². The molecule has 2 aromatic heterocycles. The highest BCUT2D eigenvalue weighted by Gasteiger charge is 2.20. The van der Waals surface area contributed by atoms with Crippen molar-refractivity contribution < 1.29 is 9.26 Å². The van der Waals surface area contributed by atoms with Crippen LogP contribution in [0.25, 0.3) is 22.4 Å². The third kappa shape index (κ3) is 2.79. The molecule has 0 spiro atoms. The van der Waals surface area contributed by atoms with Gasteiger partial charge >= 0.3 is 0 Å². The molecule has 1 aromatic carbocycles. The number of aromatic nitrogens is 3. The first-order chi connectivity index (χ1) is 11.8. The van der Waals surface area contributed by atoms with Gasteiger partial charge in [-0.05, 0) is 25.0 Å². The van der Waals surface area contributed by atoms with E-state index in [0.29, 0.717) is 11.8 Å². The Bertz CT molecular complexity index is 840. The van der Waals surface area contributed by atoms with E-state index in [1.165, 1.54) is 38.4 Å². The lowest BCUT2D eigenvalue weighted by Gasteiger charge is -2.23. The van der Waals surface area contributed by atoms with Crippen LogP contribution in [0.2, 0.25) is 0 Å². The van der Waals surface area contributed by atoms with E-state index in [9.17, 15) is 0 Å². The quantitative estimate of drug-likeness (QED) is 0.781. The molecule has 0 unspecified atom stereocenters. The molecule has 0 atom stereocenters. The predicted octanol–water partition coefficient (Wildman–Crippen LogP) is 4.04. The third-order valence-electron chi connectivity index (χ3n) is 4.56. The zero-order valence-electron chi connectivity index (χ0n) is 13.7. The Morgan fingerprint density at radius 1 is 1.17 bits per heavy atom. The van der Waals surface area contributed by atoms with Crippen molar-refractivity contribution in [3.8, 4) is 17.0 Å². The maximum Gasteiger partial charge on any atom is 0.263 e. The molecule has 0 amide bonds. The van der Waals surface area contributed by atoms with E-state index >= 15 is 0 Å². The summed E-state index contributed by atoms with van der Waals surface area (Å²) in [5.74, 6) is 1.58. The van der Waals surface area contributed by atoms with Crippen LogP contribution < -0.4 is 10.1 Å². The van der Waals surface area contributed by atoms with Crippen LogP contribution in [-0.4, -0.2) is 28.3 Å². The van der Waals surface area contributed by atoms with Crippen molar-refractivity contribution in [2.75, 3.05) is 12.4 Å². The number of benzene rings is 1. The van der Waals surface area contributed by atoms with Crippen LogP contribution in [0.5, 0.6) is 5.75 Å². The Hall–Kier alpha value is -2.63. The fourth-order valence-electron chi connectivity index (χ4n) is 3.30. The molecule has 6 nitrogen and oxygen atoms in total. The average Bonchev–Trinajstić information content (AvgIpc) is 3.08. The summed E-state index contributed by atoms with van der Waals surface area (Å²) in [7, 11) is 1.65. The summed E-state index contributed by atoms with van der Waals surface area (Å²) in [6, 6.07) is 8.21. The lowest BCUT2D eigenvalue weighted by atomic mass is 9.95. The zero-order valence-corrected chi connectivity index (χ0v) is 13.7. The van der Waals surface area contributed by atoms with Crippen LogP contribution >= 0.6 is 0 Å². The molecule has 1 N–H and O–H groups in total. The van der Waals surface area contributed by atoms with E-state index in [1.54, 1.807) is 7.11 Å². The summed E-state index contributed by atoms with van der Waals surface area (Å²) in [6.45, 7) is 0. The molecular formula is C18H20N4O2. The third-order valence-corrected chi connectivity index (χ3v) is 4.56. The average molecular weight is 324 g/mol. The van der Waals surface area contributed by atoms with E-state index in [4.69, 9.17) is 9.26 Å². The second kappa shape index (κ2) is 6.47. The molecular weight excluding hydrogens is 304 g/mol. The van der Waals surface area contributed by atoms with Crippen molar-refractivity contribution in [2.45, 2.75) is 38.1 Å². The van der Waals surface area contributed by atoms with Gasteiger partial charge in [-0.15, -0.1) is 0 Å². The SMILES string of the molecule is COc1cccc(-c2noc3ncnc(NC4CCCCC4)c23)c1. The van der Waals surface area contributed by atoms with Crippen molar-refractivity contribution >= 4 is 16.9 Å². The molecule has 3 aromatic rings. The van der Waals surface area contributed by atoms with Gasteiger partial charge in [0.05, 0.1) is 7.11 Å². The van der Waals surface area contributed by atoms with Crippen LogP contribution in [0.15, 0.2) is 35.1 Å². The predicted molar refractivity (Wildman–Crippen MR) is 92.1 cm³/mol. The van der Waals surface area contributed by atoms with Gasteiger partial charge in [0.15, 0.2) is 0 Å². The summed E-state index contributed by atoms with van der Waals surface area (Å²) in [5.41, 5.74) is 2.17.